The highest BCUT2D eigenvalue weighted by Crippen LogP contribution is 2.32. The zero-order valence-corrected chi connectivity index (χ0v) is 14.1. The van der Waals surface area contributed by atoms with E-state index >= 15 is 0 Å². The van der Waals surface area contributed by atoms with Gasteiger partial charge in [-0.1, -0.05) is 54.1 Å². The van der Waals surface area contributed by atoms with Crippen molar-refractivity contribution in [3.8, 4) is 0 Å². The SMILES string of the molecule is O=C1C[C@H](C(=O)CCCc2ccc(Cl)cc2)[C@@H](c2ccccc2)N1. The van der Waals surface area contributed by atoms with Gasteiger partial charge >= 0.3 is 0 Å². The van der Waals surface area contributed by atoms with Crippen LogP contribution in [0, 0.1) is 5.92 Å². The minimum atomic E-state index is -0.259. The van der Waals surface area contributed by atoms with Crippen LogP contribution in [0.1, 0.15) is 36.4 Å². The van der Waals surface area contributed by atoms with Crippen LogP contribution in [0.25, 0.3) is 0 Å². The highest BCUT2D eigenvalue weighted by molar-refractivity contribution is 6.30. The number of aryl methyl sites for hydroxylation is 1. The summed E-state index contributed by atoms with van der Waals surface area (Å²) in [7, 11) is 0. The highest BCUT2D eigenvalue weighted by atomic mass is 35.5. The molecule has 1 fully saturated rings. The molecule has 1 saturated heterocycles. The molecule has 2 aromatic rings. The maximum Gasteiger partial charge on any atom is 0.221 e. The van der Waals surface area contributed by atoms with Gasteiger partial charge in [0.15, 0.2) is 0 Å². The quantitative estimate of drug-likeness (QED) is 0.859. The van der Waals surface area contributed by atoms with Crippen LogP contribution in [-0.4, -0.2) is 11.7 Å². The normalized spacial score (nSPS) is 20.0. The van der Waals surface area contributed by atoms with E-state index in [4.69, 9.17) is 11.6 Å². The summed E-state index contributed by atoms with van der Waals surface area (Å²) in [5.41, 5.74) is 2.17. The average Bonchev–Trinajstić information content (AvgIpc) is 2.99. The lowest BCUT2D eigenvalue weighted by Crippen LogP contribution is -2.24. The molecule has 0 unspecified atom stereocenters. The second-order valence-corrected chi connectivity index (χ2v) is 6.65. The van der Waals surface area contributed by atoms with Gasteiger partial charge in [0.25, 0.3) is 0 Å². The Hall–Kier alpha value is -2.13. The van der Waals surface area contributed by atoms with Crippen molar-refractivity contribution in [1.82, 2.24) is 5.32 Å². The Morgan fingerprint density at radius 2 is 1.79 bits per heavy atom. The molecule has 4 heteroatoms. The third-order valence-corrected chi connectivity index (χ3v) is 4.75. The van der Waals surface area contributed by atoms with Crippen molar-refractivity contribution < 1.29 is 9.59 Å². The number of hydrogen-bond acceptors (Lipinski definition) is 2. The molecular formula is C20H20ClNO2. The minimum Gasteiger partial charge on any atom is -0.349 e. The number of carbonyl (C=O) groups excluding carboxylic acids is 2. The molecule has 1 aliphatic heterocycles. The molecule has 24 heavy (non-hydrogen) atoms. The summed E-state index contributed by atoms with van der Waals surface area (Å²) in [4.78, 5) is 24.4. The Labute approximate surface area is 147 Å². The number of hydrogen-bond donors (Lipinski definition) is 1. The van der Waals surface area contributed by atoms with E-state index in [1.54, 1.807) is 0 Å². The predicted molar refractivity (Wildman–Crippen MR) is 94.8 cm³/mol. The van der Waals surface area contributed by atoms with Crippen molar-refractivity contribution in [2.75, 3.05) is 0 Å². The lowest BCUT2D eigenvalue weighted by Gasteiger charge is -2.18. The van der Waals surface area contributed by atoms with Crippen molar-refractivity contribution in [1.29, 1.82) is 0 Å². The zero-order valence-electron chi connectivity index (χ0n) is 13.4. The Kier molecular flexibility index (Phi) is 5.31. The monoisotopic (exact) mass is 341 g/mol. The molecule has 0 aromatic heterocycles. The van der Waals surface area contributed by atoms with E-state index in [1.807, 2.05) is 54.6 Å². The first-order chi connectivity index (χ1) is 11.6. The van der Waals surface area contributed by atoms with Gasteiger partial charge in [0.05, 0.1) is 12.0 Å². The lowest BCUT2D eigenvalue weighted by molar-refractivity contribution is -0.125. The lowest BCUT2D eigenvalue weighted by atomic mass is 9.88. The second kappa shape index (κ2) is 7.63. The molecule has 1 heterocycles. The number of nitrogens with one attached hydrogen (secondary N) is 1. The average molecular weight is 342 g/mol. The van der Waals surface area contributed by atoms with E-state index in [0.717, 1.165) is 23.4 Å². The van der Waals surface area contributed by atoms with Crippen molar-refractivity contribution in [2.45, 2.75) is 31.7 Å². The number of halogens is 1. The number of carbonyl (C=O) groups is 2. The molecule has 0 aliphatic carbocycles. The van der Waals surface area contributed by atoms with E-state index in [0.29, 0.717) is 12.8 Å². The van der Waals surface area contributed by atoms with Crippen molar-refractivity contribution >= 4 is 23.3 Å². The molecule has 0 bridgehead atoms. The third-order valence-electron chi connectivity index (χ3n) is 4.50. The molecule has 1 N–H and O–H groups in total. The topological polar surface area (TPSA) is 46.2 Å². The van der Waals surface area contributed by atoms with E-state index in [-0.39, 0.29) is 23.7 Å². The van der Waals surface area contributed by atoms with E-state index in [1.165, 1.54) is 5.56 Å². The summed E-state index contributed by atoms with van der Waals surface area (Å²) in [6.45, 7) is 0. The molecule has 0 spiro atoms. The molecule has 1 aliphatic rings. The van der Waals surface area contributed by atoms with Gasteiger partial charge in [-0.3, -0.25) is 9.59 Å². The summed E-state index contributed by atoms with van der Waals surface area (Å²) >= 11 is 5.88. The summed E-state index contributed by atoms with van der Waals surface area (Å²) in [6, 6.07) is 17.2. The van der Waals surface area contributed by atoms with Gasteiger partial charge in [0.2, 0.25) is 5.91 Å². The third kappa shape index (κ3) is 4.04. The number of benzene rings is 2. The molecule has 124 valence electrons. The van der Waals surface area contributed by atoms with E-state index < -0.39 is 0 Å². The first-order valence-corrected chi connectivity index (χ1v) is 8.63. The molecule has 2 aromatic carbocycles. The molecule has 3 nitrogen and oxygen atoms in total. The first kappa shape index (κ1) is 16.7. The standard InChI is InChI=1S/C20H20ClNO2/c21-16-11-9-14(10-12-16)5-4-8-18(23)17-13-19(24)22-20(17)15-6-2-1-3-7-15/h1-3,6-7,9-12,17,20H,4-5,8,13H2,(H,22,24)/t17-,20-/m1/s1. The molecule has 1 amide bonds. The minimum absolute atomic E-state index is 0.0418. The van der Waals surface area contributed by atoms with Crippen LogP contribution >= 0.6 is 11.6 Å². The predicted octanol–water partition coefficient (Wildman–Crippen LogP) is 4.11. The number of Topliss-reactive ketones (excluding diaryl/α,β-unsaturated/α-hetero) is 1. The highest BCUT2D eigenvalue weighted by Gasteiger charge is 2.37. The van der Waals surface area contributed by atoms with Gasteiger partial charge in [0.1, 0.15) is 5.78 Å². The molecule has 0 radical (unpaired) electrons. The van der Waals surface area contributed by atoms with Crippen molar-refractivity contribution in [3.05, 3.63) is 70.7 Å². The van der Waals surface area contributed by atoms with Gasteiger partial charge in [-0.25, -0.2) is 0 Å². The largest absolute Gasteiger partial charge is 0.349 e. The van der Waals surface area contributed by atoms with E-state index in [2.05, 4.69) is 5.32 Å². The van der Waals surface area contributed by atoms with Crippen molar-refractivity contribution in [3.63, 3.8) is 0 Å². The Morgan fingerprint density at radius 1 is 1.08 bits per heavy atom. The second-order valence-electron chi connectivity index (χ2n) is 6.21. The van der Waals surface area contributed by atoms with Gasteiger partial charge in [-0.15, -0.1) is 0 Å². The van der Waals surface area contributed by atoms with Crippen LogP contribution in [0.2, 0.25) is 5.02 Å². The molecular weight excluding hydrogens is 322 g/mol. The van der Waals surface area contributed by atoms with Crippen LogP contribution in [0.3, 0.4) is 0 Å². The fourth-order valence-electron chi connectivity index (χ4n) is 3.23. The molecule has 3 rings (SSSR count). The number of rotatable bonds is 6. The Balaban J connectivity index is 1.59. The Morgan fingerprint density at radius 3 is 2.50 bits per heavy atom. The van der Waals surface area contributed by atoms with Gasteiger partial charge in [-0.05, 0) is 36.1 Å². The first-order valence-electron chi connectivity index (χ1n) is 8.25. The number of ketones is 1. The van der Waals surface area contributed by atoms with Gasteiger partial charge in [-0.2, -0.15) is 0 Å². The van der Waals surface area contributed by atoms with Crippen LogP contribution in [0.15, 0.2) is 54.6 Å². The van der Waals surface area contributed by atoms with Crippen molar-refractivity contribution in [2.24, 2.45) is 5.92 Å². The van der Waals surface area contributed by atoms with Crippen LogP contribution < -0.4 is 5.32 Å². The van der Waals surface area contributed by atoms with E-state index in [9.17, 15) is 9.59 Å². The summed E-state index contributed by atoms with van der Waals surface area (Å²) in [5, 5.41) is 3.66. The Bertz CT molecular complexity index is 712. The van der Waals surface area contributed by atoms with Crippen LogP contribution in [0.4, 0.5) is 0 Å². The van der Waals surface area contributed by atoms with Gasteiger partial charge in [0, 0.05) is 17.9 Å². The zero-order chi connectivity index (χ0) is 16.9. The molecule has 2 atom stereocenters. The fraction of sp³-hybridized carbons (Fsp3) is 0.300. The molecule has 0 saturated carbocycles. The van der Waals surface area contributed by atoms with Gasteiger partial charge < -0.3 is 5.32 Å². The maximum atomic E-state index is 12.6. The fourth-order valence-corrected chi connectivity index (χ4v) is 3.36. The number of amides is 1. The summed E-state index contributed by atoms with van der Waals surface area (Å²) in [6.07, 6.45) is 2.41. The summed E-state index contributed by atoms with van der Waals surface area (Å²) in [5.74, 6) is -0.138. The van der Waals surface area contributed by atoms with Crippen LogP contribution in [0.5, 0.6) is 0 Å². The smallest absolute Gasteiger partial charge is 0.221 e. The van der Waals surface area contributed by atoms with Crippen LogP contribution in [-0.2, 0) is 16.0 Å². The summed E-state index contributed by atoms with van der Waals surface area (Å²) < 4.78 is 0. The maximum absolute atomic E-state index is 12.6.